The van der Waals surface area contributed by atoms with Gasteiger partial charge in [0.2, 0.25) is 0 Å². The number of benzene rings is 2. The van der Waals surface area contributed by atoms with E-state index in [0.29, 0.717) is 0 Å². The topological polar surface area (TPSA) is 21.4 Å². The Morgan fingerprint density at radius 2 is 1.67 bits per heavy atom. The number of aryl methyl sites for hydroxylation is 1. The molecule has 3 heteroatoms. The van der Waals surface area contributed by atoms with E-state index in [1.165, 1.54) is 0 Å². The van der Waals surface area contributed by atoms with Gasteiger partial charge in [0, 0.05) is 4.90 Å². The Bertz CT molecular complexity index is 584. The Morgan fingerprint density at radius 1 is 1.06 bits per heavy atom. The van der Waals surface area contributed by atoms with Crippen LogP contribution in [0.2, 0.25) is 0 Å². The van der Waals surface area contributed by atoms with E-state index in [9.17, 15) is 4.21 Å². The molecule has 90 valence electrons. The zero-order chi connectivity index (χ0) is 13.0. The third-order valence-electron chi connectivity index (χ3n) is 2.68. The Balaban J connectivity index is 2.32. The predicted molar refractivity (Wildman–Crippen MR) is 75.1 cm³/mol. The van der Waals surface area contributed by atoms with Gasteiger partial charge in [-0.1, -0.05) is 52.9 Å². The fourth-order valence-corrected chi connectivity index (χ4v) is 2.86. The fourth-order valence-electron chi connectivity index (χ4n) is 1.68. The van der Waals surface area contributed by atoms with Gasteiger partial charge < -0.3 is 0 Å². The largest absolute Gasteiger partial charge is 0.373 e. The third-order valence-corrected chi connectivity index (χ3v) is 4.21. The molecule has 2 nitrogen and oxygen atoms in total. The highest BCUT2D eigenvalue weighted by atomic mass is 32.2. The molecule has 0 radical (unpaired) electrons. The van der Waals surface area contributed by atoms with Crippen molar-refractivity contribution in [3.05, 3.63) is 70.6 Å². The second-order valence-electron chi connectivity index (χ2n) is 4.02. The van der Waals surface area contributed by atoms with Crippen LogP contribution in [0.4, 0.5) is 0 Å². The molecule has 0 aliphatic rings. The van der Waals surface area contributed by atoms with Crippen molar-refractivity contribution in [2.45, 2.75) is 17.2 Å². The van der Waals surface area contributed by atoms with Gasteiger partial charge in [-0.05, 0) is 19.1 Å². The van der Waals surface area contributed by atoms with E-state index < -0.39 is 16.2 Å². The quantitative estimate of drug-likeness (QED) is 0.819. The fraction of sp³-hybridized carbons (Fsp3) is 0.133. The molecular formula is C15H14NOS+. The van der Waals surface area contributed by atoms with Crippen LogP contribution in [0.15, 0.2) is 59.5 Å². The SMILES string of the molecule is C#[N+]C(c1ccccc1)S(=O)c1ccc(C)cc1. The molecule has 0 aromatic heterocycles. The molecule has 0 N–H and O–H groups in total. The summed E-state index contributed by atoms with van der Waals surface area (Å²) in [5, 5.41) is -0.520. The van der Waals surface area contributed by atoms with E-state index >= 15 is 0 Å². The minimum atomic E-state index is -1.27. The van der Waals surface area contributed by atoms with Crippen molar-refractivity contribution in [1.82, 2.24) is 0 Å². The molecule has 0 bridgehead atoms. The molecule has 2 aromatic rings. The third kappa shape index (κ3) is 2.66. The van der Waals surface area contributed by atoms with Gasteiger partial charge in [0.15, 0.2) is 0 Å². The maximum absolute atomic E-state index is 12.4. The second-order valence-corrected chi connectivity index (χ2v) is 5.54. The maximum Gasteiger partial charge on any atom is 0.373 e. The Hall–Kier alpha value is -1.92. The van der Waals surface area contributed by atoms with Crippen LogP contribution in [0.5, 0.6) is 0 Å². The van der Waals surface area contributed by atoms with E-state index in [0.717, 1.165) is 16.0 Å². The molecule has 0 heterocycles. The van der Waals surface area contributed by atoms with Gasteiger partial charge in [0.05, 0.1) is 5.56 Å². The van der Waals surface area contributed by atoms with Crippen molar-refractivity contribution in [2.24, 2.45) is 0 Å². The molecule has 0 aliphatic carbocycles. The lowest BCUT2D eigenvalue weighted by molar-refractivity contribution is 0.679. The van der Waals surface area contributed by atoms with Crippen molar-refractivity contribution in [3.63, 3.8) is 0 Å². The molecular weight excluding hydrogens is 242 g/mol. The van der Waals surface area contributed by atoms with Gasteiger partial charge in [-0.25, -0.2) is 4.21 Å². The smallest absolute Gasteiger partial charge is 0.246 e. The first-order chi connectivity index (χ1) is 8.72. The van der Waals surface area contributed by atoms with E-state index in [1.54, 1.807) is 0 Å². The summed E-state index contributed by atoms with van der Waals surface area (Å²) in [5.41, 5.74) is 2.00. The number of rotatable bonds is 3. The van der Waals surface area contributed by atoms with Crippen LogP contribution in [0, 0.1) is 13.5 Å². The monoisotopic (exact) mass is 256 g/mol. The van der Waals surface area contributed by atoms with Crippen LogP contribution >= 0.6 is 0 Å². The highest BCUT2D eigenvalue weighted by Gasteiger charge is 2.28. The summed E-state index contributed by atoms with van der Waals surface area (Å²) in [6.45, 7) is 7.40. The van der Waals surface area contributed by atoms with Crippen LogP contribution in [0.1, 0.15) is 16.5 Å². The summed E-state index contributed by atoms with van der Waals surface area (Å²) in [4.78, 5) is 4.50. The van der Waals surface area contributed by atoms with Crippen molar-refractivity contribution in [3.8, 4) is 6.57 Å². The molecule has 0 amide bonds. The molecule has 0 fully saturated rings. The molecule has 2 rings (SSSR count). The van der Waals surface area contributed by atoms with Gasteiger partial charge in [0.1, 0.15) is 10.8 Å². The zero-order valence-corrected chi connectivity index (χ0v) is 10.9. The first-order valence-electron chi connectivity index (χ1n) is 5.64. The molecule has 0 saturated heterocycles. The van der Waals surface area contributed by atoms with Gasteiger partial charge in [-0.15, -0.1) is 0 Å². The zero-order valence-electron chi connectivity index (χ0n) is 10.1. The summed E-state index contributed by atoms with van der Waals surface area (Å²) in [6.07, 6.45) is 0. The van der Waals surface area contributed by atoms with E-state index in [4.69, 9.17) is 6.57 Å². The average Bonchev–Trinajstić information content (AvgIpc) is 2.41. The number of hydrogen-bond donors (Lipinski definition) is 0. The summed E-state index contributed by atoms with van der Waals surface area (Å²) < 4.78 is 12.4. The minimum Gasteiger partial charge on any atom is -0.246 e. The number of hydrogen-bond acceptors (Lipinski definition) is 1. The highest BCUT2D eigenvalue weighted by molar-refractivity contribution is 7.85. The molecule has 2 unspecified atom stereocenters. The highest BCUT2D eigenvalue weighted by Crippen LogP contribution is 2.26. The lowest BCUT2D eigenvalue weighted by atomic mass is 10.2. The Kier molecular flexibility index (Phi) is 3.91. The second kappa shape index (κ2) is 5.61. The summed E-state index contributed by atoms with van der Waals surface area (Å²) >= 11 is 0. The van der Waals surface area contributed by atoms with Crippen molar-refractivity contribution in [2.75, 3.05) is 0 Å². The van der Waals surface area contributed by atoms with E-state index in [1.807, 2.05) is 61.5 Å². The van der Waals surface area contributed by atoms with Crippen molar-refractivity contribution >= 4 is 10.8 Å². The average molecular weight is 256 g/mol. The summed E-state index contributed by atoms with van der Waals surface area (Å²) in [6, 6.07) is 17.0. The minimum absolute atomic E-state index is 0.520. The van der Waals surface area contributed by atoms with Crippen LogP contribution in [-0.2, 0) is 10.8 Å². The standard InChI is InChI=1S/C15H14NOS/c1-12-8-10-14(11-9-12)18(17)15(16-2)13-6-4-3-5-7-13/h2-11,15H,1H3/q+1. The Morgan fingerprint density at radius 3 is 2.22 bits per heavy atom. The predicted octanol–water partition coefficient (Wildman–Crippen LogP) is 3.76. The summed E-state index contributed by atoms with van der Waals surface area (Å²) in [5.74, 6) is 0. The molecule has 0 saturated carbocycles. The number of nitrogens with zero attached hydrogens (tertiary/aromatic N) is 1. The summed E-state index contributed by atoms with van der Waals surface area (Å²) in [7, 11) is -1.27. The maximum atomic E-state index is 12.4. The molecule has 2 atom stereocenters. The van der Waals surface area contributed by atoms with Gasteiger partial charge in [0.25, 0.3) is 6.57 Å². The van der Waals surface area contributed by atoms with Crippen LogP contribution < -0.4 is 0 Å². The van der Waals surface area contributed by atoms with E-state index in [-0.39, 0.29) is 0 Å². The Labute approximate surface area is 110 Å². The first kappa shape index (κ1) is 12.5. The first-order valence-corrected chi connectivity index (χ1v) is 6.86. The molecule has 0 aliphatic heterocycles. The molecule has 0 spiro atoms. The van der Waals surface area contributed by atoms with Gasteiger partial charge >= 0.3 is 5.37 Å². The van der Waals surface area contributed by atoms with Crippen LogP contribution in [0.25, 0.3) is 4.85 Å². The lowest BCUT2D eigenvalue weighted by Gasteiger charge is -2.03. The molecule has 2 aromatic carbocycles. The van der Waals surface area contributed by atoms with Crippen LogP contribution in [-0.4, -0.2) is 4.21 Å². The van der Waals surface area contributed by atoms with Gasteiger partial charge in [-0.3, -0.25) is 0 Å². The van der Waals surface area contributed by atoms with Gasteiger partial charge in [-0.2, -0.15) is 0 Å². The van der Waals surface area contributed by atoms with E-state index in [2.05, 4.69) is 4.85 Å². The van der Waals surface area contributed by atoms with Crippen LogP contribution in [0.3, 0.4) is 0 Å². The van der Waals surface area contributed by atoms with Crippen molar-refractivity contribution in [1.29, 1.82) is 0 Å². The normalized spacial score (nSPS) is 13.6. The van der Waals surface area contributed by atoms with Crippen molar-refractivity contribution < 1.29 is 4.21 Å². The lowest BCUT2D eigenvalue weighted by Crippen LogP contribution is -2.03. The molecule has 18 heavy (non-hydrogen) atoms.